The van der Waals surface area contributed by atoms with E-state index in [0.29, 0.717) is 28.5 Å². The van der Waals surface area contributed by atoms with E-state index in [9.17, 15) is 14.7 Å². The zero-order valence-corrected chi connectivity index (χ0v) is 19.9. The molecule has 1 N–H and O–H groups in total. The minimum Gasteiger partial charge on any atom is -0.503 e. The molecular formula is C27H28ClNO4. The first-order valence-electron chi connectivity index (χ1n) is 11.4. The summed E-state index contributed by atoms with van der Waals surface area (Å²) in [5, 5.41) is 12.0. The van der Waals surface area contributed by atoms with Crippen molar-refractivity contribution in [3.05, 3.63) is 81.8 Å². The lowest BCUT2D eigenvalue weighted by Gasteiger charge is -2.27. The molecule has 0 fully saturated rings. The number of fused-ring (bicyclic) bond motifs is 1. The first-order valence-corrected chi connectivity index (χ1v) is 11.8. The summed E-state index contributed by atoms with van der Waals surface area (Å²) in [6, 6.07) is 13.9. The molecule has 1 unspecified atom stereocenters. The van der Waals surface area contributed by atoms with Crippen LogP contribution < -0.4 is 0 Å². The molecule has 0 saturated carbocycles. The molecule has 0 spiro atoms. The fraction of sp³-hybridized carbons (Fsp3) is 0.333. The van der Waals surface area contributed by atoms with Crippen molar-refractivity contribution >= 4 is 34.3 Å². The van der Waals surface area contributed by atoms with Crippen LogP contribution in [0.15, 0.2) is 64.3 Å². The second kappa shape index (κ2) is 9.44. The zero-order valence-electron chi connectivity index (χ0n) is 19.1. The molecule has 5 nitrogen and oxygen atoms in total. The molecule has 1 amide bonds. The highest BCUT2D eigenvalue weighted by molar-refractivity contribution is 6.31. The molecule has 2 heterocycles. The molecule has 0 saturated heterocycles. The highest BCUT2D eigenvalue weighted by Gasteiger charge is 2.44. The Morgan fingerprint density at radius 1 is 1.12 bits per heavy atom. The summed E-state index contributed by atoms with van der Waals surface area (Å²) >= 11 is 6.07. The lowest BCUT2D eigenvalue weighted by molar-refractivity contribution is -0.129. The number of Topliss-reactive ketones (excluding diaryl/α,β-unsaturated/α-hetero) is 1. The lowest BCUT2D eigenvalue weighted by Crippen LogP contribution is -2.32. The van der Waals surface area contributed by atoms with Gasteiger partial charge in [0.2, 0.25) is 5.78 Å². The monoisotopic (exact) mass is 465 g/mol. The minimum atomic E-state index is -0.667. The number of furan rings is 1. The van der Waals surface area contributed by atoms with Gasteiger partial charge in [-0.25, -0.2) is 0 Å². The average Bonchev–Trinajstić information content (AvgIpc) is 3.33. The van der Waals surface area contributed by atoms with Crippen LogP contribution in [-0.4, -0.2) is 28.2 Å². The summed E-state index contributed by atoms with van der Waals surface area (Å²) < 4.78 is 5.77. The third kappa shape index (κ3) is 4.42. The van der Waals surface area contributed by atoms with Crippen molar-refractivity contribution in [1.29, 1.82) is 0 Å². The average molecular weight is 466 g/mol. The topological polar surface area (TPSA) is 70.8 Å². The van der Waals surface area contributed by atoms with Gasteiger partial charge in [-0.3, -0.25) is 9.59 Å². The molecule has 0 radical (unpaired) electrons. The Morgan fingerprint density at radius 2 is 1.85 bits per heavy atom. The van der Waals surface area contributed by atoms with Crippen molar-refractivity contribution in [3.63, 3.8) is 0 Å². The molecule has 0 aliphatic carbocycles. The molecule has 3 aromatic rings. The maximum absolute atomic E-state index is 13.6. The summed E-state index contributed by atoms with van der Waals surface area (Å²) in [5.41, 5.74) is 2.52. The van der Waals surface area contributed by atoms with Crippen LogP contribution >= 0.6 is 11.6 Å². The van der Waals surface area contributed by atoms with Gasteiger partial charge in [-0.2, -0.15) is 0 Å². The van der Waals surface area contributed by atoms with E-state index in [1.54, 1.807) is 29.2 Å². The Hall–Kier alpha value is -3.05. The number of amides is 1. The SMILES string of the molecule is CCCCCN1C(=O)C(O)=C(C(=O)c2cc3cc(Cl)ccc3o2)C1c1ccc(C(C)C)cc1. The number of halogens is 1. The number of ketones is 1. The van der Waals surface area contributed by atoms with Crippen LogP contribution in [0.25, 0.3) is 11.0 Å². The second-order valence-corrected chi connectivity index (χ2v) is 9.25. The molecule has 0 bridgehead atoms. The second-order valence-electron chi connectivity index (χ2n) is 8.81. The van der Waals surface area contributed by atoms with E-state index < -0.39 is 23.5 Å². The summed E-state index contributed by atoms with van der Waals surface area (Å²) in [6.45, 7) is 6.77. The van der Waals surface area contributed by atoms with Crippen molar-refractivity contribution in [2.45, 2.75) is 52.0 Å². The van der Waals surface area contributed by atoms with E-state index in [1.807, 2.05) is 24.3 Å². The number of carbonyl (C=O) groups is 2. The fourth-order valence-electron chi connectivity index (χ4n) is 4.32. The van der Waals surface area contributed by atoms with Crippen LogP contribution in [0.5, 0.6) is 0 Å². The summed E-state index contributed by atoms with van der Waals surface area (Å²) in [5.74, 6) is -1.10. The van der Waals surface area contributed by atoms with Crippen LogP contribution in [-0.2, 0) is 4.79 Å². The predicted molar refractivity (Wildman–Crippen MR) is 130 cm³/mol. The van der Waals surface area contributed by atoms with E-state index in [1.165, 1.54) is 0 Å². The third-order valence-corrected chi connectivity index (χ3v) is 6.41. The van der Waals surface area contributed by atoms with Gasteiger partial charge in [0.05, 0.1) is 11.6 Å². The Balaban J connectivity index is 1.76. The van der Waals surface area contributed by atoms with Gasteiger partial charge in [0.15, 0.2) is 11.5 Å². The van der Waals surface area contributed by atoms with Gasteiger partial charge in [-0.1, -0.05) is 69.5 Å². The van der Waals surface area contributed by atoms with E-state index in [0.717, 1.165) is 30.4 Å². The molecule has 1 aromatic heterocycles. The van der Waals surface area contributed by atoms with E-state index in [2.05, 4.69) is 20.8 Å². The Labute approximate surface area is 198 Å². The third-order valence-electron chi connectivity index (χ3n) is 6.17. The van der Waals surface area contributed by atoms with Crippen molar-refractivity contribution in [3.8, 4) is 0 Å². The number of nitrogens with zero attached hydrogens (tertiary/aromatic N) is 1. The van der Waals surface area contributed by atoms with Crippen molar-refractivity contribution in [2.75, 3.05) is 6.54 Å². The smallest absolute Gasteiger partial charge is 0.290 e. The maximum Gasteiger partial charge on any atom is 0.290 e. The highest BCUT2D eigenvalue weighted by atomic mass is 35.5. The molecule has 4 rings (SSSR count). The molecule has 6 heteroatoms. The Kier molecular flexibility index (Phi) is 6.61. The van der Waals surface area contributed by atoms with E-state index >= 15 is 0 Å². The van der Waals surface area contributed by atoms with Crippen molar-refractivity contribution in [1.82, 2.24) is 4.90 Å². The van der Waals surface area contributed by atoms with Crippen LogP contribution in [0, 0.1) is 0 Å². The van der Waals surface area contributed by atoms with Gasteiger partial charge < -0.3 is 14.4 Å². The minimum absolute atomic E-state index is 0.0546. The van der Waals surface area contributed by atoms with E-state index in [-0.39, 0.29) is 11.3 Å². The standard InChI is InChI=1S/C27H28ClNO4/c1-4-5-6-13-29-24(18-9-7-17(8-10-18)16(2)3)23(26(31)27(29)32)25(30)22-15-19-14-20(28)11-12-21(19)33-22/h7-12,14-16,24,31H,4-6,13H2,1-3H3. The van der Waals surface area contributed by atoms with Gasteiger partial charge in [-0.05, 0) is 47.7 Å². The van der Waals surface area contributed by atoms with Crippen LogP contribution in [0.4, 0.5) is 0 Å². The predicted octanol–water partition coefficient (Wildman–Crippen LogP) is 6.98. The number of carbonyl (C=O) groups excluding carboxylic acids is 2. The number of hydrogen-bond acceptors (Lipinski definition) is 4. The van der Waals surface area contributed by atoms with Crippen molar-refractivity contribution in [2.24, 2.45) is 0 Å². The van der Waals surface area contributed by atoms with Gasteiger partial charge in [0.25, 0.3) is 5.91 Å². The highest BCUT2D eigenvalue weighted by Crippen LogP contribution is 2.40. The summed E-state index contributed by atoms with van der Waals surface area (Å²) in [7, 11) is 0. The van der Waals surface area contributed by atoms with Gasteiger partial charge >= 0.3 is 0 Å². The first kappa shape index (κ1) is 23.1. The first-order chi connectivity index (χ1) is 15.8. The summed E-state index contributed by atoms with van der Waals surface area (Å²) in [4.78, 5) is 28.2. The zero-order chi connectivity index (χ0) is 23.7. The van der Waals surface area contributed by atoms with Crippen LogP contribution in [0.1, 0.15) is 73.7 Å². The van der Waals surface area contributed by atoms with Crippen LogP contribution in [0.2, 0.25) is 5.02 Å². The quantitative estimate of drug-likeness (QED) is 0.288. The largest absolute Gasteiger partial charge is 0.503 e. The Morgan fingerprint density at radius 3 is 2.52 bits per heavy atom. The summed E-state index contributed by atoms with van der Waals surface area (Å²) in [6.07, 6.45) is 2.75. The van der Waals surface area contributed by atoms with Gasteiger partial charge in [0.1, 0.15) is 5.58 Å². The molecular weight excluding hydrogens is 438 g/mol. The fourth-order valence-corrected chi connectivity index (χ4v) is 4.50. The number of aliphatic hydroxyl groups is 1. The normalized spacial score (nSPS) is 16.5. The molecule has 1 aliphatic heterocycles. The van der Waals surface area contributed by atoms with Crippen molar-refractivity contribution < 1.29 is 19.1 Å². The number of rotatable bonds is 8. The molecule has 1 atom stereocenters. The molecule has 2 aromatic carbocycles. The number of unbranched alkanes of at least 4 members (excludes halogenated alkanes) is 2. The maximum atomic E-state index is 13.6. The number of benzene rings is 2. The Bertz CT molecular complexity index is 1220. The molecule has 33 heavy (non-hydrogen) atoms. The van der Waals surface area contributed by atoms with Crippen LogP contribution in [0.3, 0.4) is 0 Å². The van der Waals surface area contributed by atoms with Gasteiger partial charge in [-0.15, -0.1) is 0 Å². The van der Waals surface area contributed by atoms with E-state index in [4.69, 9.17) is 16.0 Å². The number of hydrogen-bond donors (Lipinski definition) is 1. The van der Waals surface area contributed by atoms with Gasteiger partial charge in [0, 0.05) is 17.0 Å². The molecule has 172 valence electrons. The molecule has 1 aliphatic rings. The lowest BCUT2D eigenvalue weighted by atomic mass is 9.92. The number of aliphatic hydroxyl groups excluding tert-OH is 1.